The molecule has 2 heteroatoms. The summed E-state index contributed by atoms with van der Waals surface area (Å²) in [6.07, 6.45) is 0. The number of nitrogens with two attached hydrogens (primary N) is 1. The van der Waals surface area contributed by atoms with Crippen LogP contribution >= 0.6 is 0 Å². The smallest absolute Gasteiger partial charge is 0.0261 e. The Morgan fingerprint density at radius 2 is 1.48 bits per heavy atom. The van der Waals surface area contributed by atoms with Gasteiger partial charge in [0.25, 0.3) is 0 Å². The van der Waals surface area contributed by atoms with Crippen molar-refractivity contribution in [1.29, 1.82) is 0 Å². The van der Waals surface area contributed by atoms with Gasteiger partial charge in [0, 0.05) is 31.1 Å². The molecule has 2 aromatic rings. The van der Waals surface area contributed by atoms with Crippen LogP contribution in [0.3, 0.4) is 0 Å². The first-order chi connectivity index (χ1) is 10.1. The number of hydrogen-bond donors (Lipinski definition) is 1. The molecule has 1 heterocycles. The first-order valence-corrected chi connectivity index (χ1v) is 7.67. The summed E-state index contributed by atoms with van der Waals surface area (Å²) in [5, 5.41) is 0. The van der Waals surface area contributed by atoms with Gasteiger partial charge >= 0.3 is 0 Å². The van der Waals surface area contributed by atoms with Crippen LogP contribution in [-0.4, -0.2) is 17.5 Å². The summed E-state index contributed by atoms with van der Waals surface area (Å²) in [4.78, 5) is 2.46. The molecule has 3 rings (SSSR count). The second-order valence-electron chi connectivity index (χ2n) is 6.63. The van der Waals surface area contributed by atoms with Gasteiger partial charge in [-0.3, -0.25) is 4.90 Å². The predicted octanol–water partition coefficient (Wildman–Crippen LogP) is 3.31. The zero-order valence-corrected chi connectivity index (χ0v) is 12.9. The Morgan fingerprint density at radius 1 is 0.952 bits per heavy atom. The largest absolute Gasteiger partial charge is 0.326 e. The molecule has 2 nitrogen and oxygen atoms in total. The minimum absolute atomic E-state index is 0.0178. The second-order valence-corrected chi connectivity index (χ2v) is 6.63. The van der Waals surface area contributed by atoms with Gasteiger partial charge in [0.2, 0.25) is 0 Å². The number of hydrogen-bond acceptors (Lipinski definition) is 2. The quantitative estimate of drug-likeness (QED) is 0.931. The van der Waals surface area contributed by atoms with Gasteiger partial charge < -0.3 is 5.73 Å². The average Bonchev–Trinajstić information content (AvgIpc) is 2.90. The van der Waals surface area contributed by atoms with Crippen LogP contribution < -0.4 is 5.73 Å². The van der Waals surface area contributed by atoms with Gasteiger partial charge in [0.15, 0.2) is 0 Å². The highest BCUT2D eigenvalue weighted by molar-refractivity contribution is 5.31. The Balaban J connectivity index is 1.69. The SMILES string of the molecule is CC(C)(c1ccccc1)C(N)CN1Cc2ccccc2C1. The Bertz CT molecular complexity index is 579. The van der Waals surface area contributed by atoms with Crippen molar-refractivity contribution in [3.8, 4) is 0 Å². The third-order valence-corrected chi connectivity index (χ3v) is 4.81. The monoisotopic (exact) mass is 280 g/mol. The highest BCUT2D eigenvalue weighted by atomic mass is 15.2. The minimum Gasteiger partial charge on any atom is -0.326 e. The summed E-state index contributed by atoms with van der Waals surface area (Å²) in [5.74, 6) is 0. The lowest BCUT2D eigenvalue weighted by Crippen LogP contribution is -2.47. The van der Waals surface area contributed by atoms with E-state index in [1.807, 2.05) is 0 Å². The Hall–Kier alpha value is -1.64. The van der Waals surface area contributed by atoms with Crippen LogP contribution in [0.5, 0.6) is 0 Å². The van der Waals surface area contributed by atoms with Crippen LogP contribution in [0.1, 0.15) is 30.5 Å². The number of fused-ring (bicyclic) bond motifs is 1. The molecule has 1 atom stereocenters. The van der Waals surface area contributed by atoms with Crippen molar-refractivity contribution in [3.63, 3.8) is 0 Å². The van der Waals surface area contributed by atoms with Crippen LogP contribution in [0.25, 0.3) is 0 Å². The topological polar surface area (TPSA) is 29.3 Å². The van der Waals surface area contributed by atoms with Crippen molar-refractivity contribution in [3.05, 3.63) is 71.3 Å². The summed E-state index contributed by atoms with van der Waals surface area (Å²) in [6.45, 7) is 7.46. The van der Waals surface area contributed by atoms with E-state index in [9.17, 15) is 0 Å². The number of rotatable bonds is 4. The van der Waals surface area contributed by atoms with E-state index < -0.39 is 0 Å². The summed E-state index contributed by atoms with van der Waals surface area (Å²) in [5.41, 5.74) is 10.7. The van der Waals surface area contributed by atoms with E-state index in [1.165, 1.54) is 16.7 Å². The predicted molar refractivity (Wildman–Crippen MR) is 88.0 cm³/mol. The lowest BCUT2D eigenvalue weighted by molar-refractivity contribution is 0.228. The molecule has 0 saturated heterocycles. The fourth-order valence-corrected chi connectivity index (χ4v) is 3.12. The van der Waals surface area contributed by atoms with Gasteiger partial charge in [0.1, 0.15) is 0 Å². The maximum absolute atomic E-state index is 6.56. The van der Waals surface area contributed by atoms with Gasteiger partial charge in [0.05, 0.1) is 0 Å². The molecule has 0 amide bonds. The highest BCUT2D eigenvalue weighted by Crippen LogP contribution is 2.29. The van der Waals surface area contributed by atoms with Crippen molar-refractivity contribution >= 4 is 0 Å². The van der Waals surface area contributed by atoms with E-state index in [2.05, 4.69) is 73.3 Å². The minimum atomic E-state index is -0.0178. The lowest BCUT2D eigenvalue weighted by Gasteiger charge is -2.34. The molecule has 0 spiro atoms. The Morgan fingerprint density at radius 3 is 2.05 bits per heavy atom. The molecule has 110 valence electrons. The Kier molecular flexibility index (Phi) is 3.83. The van der Waals surface area contributed by atoms with Crippen LogP contribution in [0.2, 0.25) is 0 Å². The molecule has 0 bridgehead atoms. The molecular formula is C19H24N2. The molecule has 2 aromatic carbocycles. The maximum Gasteiger partial charge on any atom is 0.0261 e. The van der Waals surface area contributed by atoms with Crippen molar-refractivity contribution < 1.29 is 0 Å². The van der Waals surface area contributed by atoms with E-state index in [1.54, 1.807) is 0 Å². The molecule has 0 fully saturated rings. The van der Waals surface area contributed by atoms with Gasteiger partial charge in [-0.05, 0) is 16.7 Å². The van der Waals surface area contributed by atoms with Crippen LogP contribution in [-0.2, 0) is 18.5 Å². The van der Waals surface area contributed by atoms with Gasteiger partial charge in [-0.25, -0.2) is 0 Å². The van der Waals surface area contributed by atoms with E-state index in [4.69, 9.17) is 5.73 Å². The summed E-state index contributed by atoms with van der Waals surface area (Å²) in [6, 6.07) is 19.4. The maximum atomic E-state index is 6.56. The van der Waals surface area contributed by atoms with Crippen LogP contribution in [0.15, 0.2) is 54.6 Å². The van der Waals surface area contributed by atoms with Crippen molar-refractivity contribution in [1.82, 2.24) is 4.90 Å². The molecule has 0 saturated carbocycles. The zero-order chi connectivity index (χ0) is 14.9. The van der Waals surface area contributed by atoms with Gasteiger partial charge in [-0.1, -0.05) is 68.4 Å². The van der Waals surface area contributed by atoms with Crippen molar-refractivity contribution in [2.24, 2.45) is 5.73 Å². The molecule has 1 aliphatic rings. The molecule has 1 aliphatic heterocycles. The zero-order valence-electron chi connectivity index (χ0n) is 12.9. The van der Waals surface area contributed by atoms with E-state index in [-0.39, 0.29) is 11.5 Å². The molecule has 1 unspecified atom stereocenters. The molecule has 0 aromatic heterocycles. The van der Waals surface area contributed by atoms with Crippen molar-refractivity contribution in [2.45, 2.75) is 38.4 Å². The van der Waals surface area contributed by atoms with Crippen LogP contribution in [0, 0.1) is 0 Å². The van der Waals surface area contributed by atoms with Crippen LogP contribution in [0.4, 0.5) is 0 Å². The molecule has 0 aliphatic carbocycles. The lowest BCUT2D eigenvalue weighted by atomic mass is 9.78. The van der Waals surface area contributed by atoms with Crippen molar-refractivity contribution in [2.75, 3.05) is 6.54 Å². The number of benzene rings is 2. The summed E-state index contributed by atoms with van der Waals surface area (Å²) < 4.78 is 0. The fraction of sp³-hybridized carbons (Fsp3) is 0.368. The highest BCUT2D eigenvalue weighted by Gasteiger charge is 2.31. The number of nitrogens with zero attached hydrogens (tertiary/aromatic N) is 1. The average molecular weight is 280 g/mol. The third-order valence-electron chi connectivity index (χ3n) is 4.81. The first kappa shape index (κ1) is 14.3. The molecule has 2 N–H and O–H groups in total. The standard InChI is InChI=1S/C19H24N2/c1-19(2,17-10-4-3-5-11-17)18(20)14-21-12-15-8-6-7-9-16(15)13-21/h3-11,18H,12-14,20H2,1-2H3. The first-order valence-electron chi connectivity index (χ1n) is 7.67. The molecular weight excluding hydrogens is 256 g/mol. The normalized spacial score (nSPS) is 16.7. The third kappa shape index (κ3) is 2.87. The fourth-order valence-electron chi connectivity index (χ4n) is 3.12. The van der Waals surface area contributed by atoms with E-state index >= 15 is 0 Å². The van der Waals surface area contributed by atoms with Gasteiger partial charge in [-0.15, -0.1) is 0 Å². The second kappa shape index (κ2) is 5.63. The van der Waals surface area contributed by atoms with E-state index in [0.717, 1.165) is 19.6 Å². The summed E-state index contributed by atoms with van der Waals surface area (Å²) >= 11 is 0. The Labute approximate surface area is 127 Å². The van der Waals surface area contributed by atoms with E-state index in [0.29, 0.717) is 0 Å². The summed E-state index contributed by atoms with van der Waals surface area (Å²) in [7, 11) is 0. The molecule has 21 heavy (non-hydrogen) atoms. The van der Waals surface area contributed by atoms with Gasteiger partial charge in [-0.2, -0.15) is 0 Å². The molecule has 0 radical (unpaired) electrons.